The molecule has 0 bridgehead atoms. The van der Waals surface area contributed by atoms with Gasteiger partial charge in [-0.2, -0.15) is 0 Å². The average molecular weight is 293 g/mol. The van der Waals surface area contributed by atoms with E-state index in [1.165, 1.54) is 17.2 Å². The van der Waals surface area contributed by atoms with E-state index >= 15 is 0 Å². The second kappa shape index (κ2) is 5.09. The number of hydrogen-bond donors (Lipinski definition) is 1. The fraction of sp³-hybridized carbons (Fsp3) is 0.533. The number of carbonyl (C=O) groups is 2. The Balaban J connectivity index is 2.40. The molecule has 1 N–H and O–H groups in total. The van der Waals surface area contributed by atoms with E-state index in [1.807, 2.05) is 6.92 Å². The number of piperazine rings is 1. The van der Waals surface area contributed by atoms with Crippen molar-refractivity contribution < 1.29 is 14.0 Å². The normalized spacial score (nSPS) is 24.9. The fourth-order valence-electron chi connectivity index (χ4n) is 2.48. The molecule has 0 saturated carbocycles. The molecule has 0 aromatic carbocycles. The Hall–Kier alpha value is -1.98. The van der Waals surface area contributed by atoms with Crippen LogP contribution in [0.3, 0.4) is 0 Å². The van der Waals surface area contributed by atoms with Crippen molar-refractivity contribution in [3.63, 3.8) is 0 Å². The van der Waals surface area contributed by atoms with Crippen molar-refractivity contribution in [2.24, 2.45) is 0 Å². The van der Waals surface area contributed by atoms with Crippen molar-refractivity contribution >= 4 is 11.8 Å². The van der Waals surface area contributed by atoms with Gasteiger partial charge in [-0.15, -0.1) is 0 Å². The molecule has 1 aromatic rings. The van der Waals surface area contributed by atoms with Gasteiger partial charge in [0.1, 0.15) is 16.9 Å². The van der Waals surface area contributed by atoms with Crippen LogP contribution in [0.5, 0.6) is 0 Å². The van der Waals surface area contributed by atoms with Crippen molar-refractivity contribution in [2.75, 3.05) is 0 Å². The summed E-state index contributed by atoms with van der Waals surface area (Å²) in [4.78, 5) is 30.3. The molecular weight excluding hydrogens is 273 g/mol. The van der Waals surface area contributed by atoms with E-state index in [0.717, 1.165) is 6.20 Å². The van der Waals surface area contributed by atoms with Crippen LogP contribution >= 0.6 is 0 Å². The summed E-state index contributed by atoms with van der Waals surface area (Å²) in [7, 11) is 0. The van der Waals surface area contributed by atoms with Crippen LogP contribution in [0.15, 0.2) is 18.5 Å². The van der Waals surface area contributed by atoms with E-state index < -0.39 is 16.9 Å². The molecule has 0 aliphatic carbocycles. The molecule has 2 rings (SSSR count). The molecule has 1 aliphatic rings. The van der Waals surface area contributed by atoms with Crippen LogP contribution in [0.1, 0.15) is 39.7 Å². The first kappa shape index (κ1) is 15.4. The van der Waals surface area contributed by atoms with Crippen molar-refractivity contribution in [1.29, 1.82) is 0 Å². The molecule has 0 radical (unpaired) electrons. The number of nitrogens with one attached hydrogen (secondary N) is 1. The van der Waals surface area contributed by atoms with Gasteiger partial charge < -0.3 is 10.2 Å². The zero-order valence-electron chi connectivity index (χ0n) is 12.7. The number of nitrogens with zero attached hydrogens (tertiary/aromatic N) is 2. The highest BCUT2D eigenvalue weighted by Crippen LogP contribution is 2.30. The third-order valence-electron chi connectivity index (χ3n) is 4.08. The standard InChI is InChI=1S/C15H20FN3O2/c1-5-15(4)12(20)18-14(2,3)13(21)19(15)9-10-6-11(16)8-17-7-10/h6-8H,5,9H2,1-4H3,(H,18,20). The van der Waals surface area contributed by atoms with Gasteiger partial charge in [-0.05, 0) is 38.8 Å². The Morgan fingerprint density at radius 1 is 1.29 bits per heavy atom. The van der Waals surface area contributed by atoms with E-state index in [-0.39, 0.29) is 18.4 Å². The molecule has 1 aromatic heterocycles. The van der Waals surface area contributed by atoms with Gasteiger partial charge >= 0.3 is 0 Å². The highest BCUT2D eigenvalue weighted by Gasteiger charge is 2.51. The summed E-state index contributed by atoms with van der Waals surface area (Å²) in [5, 5.41) is 2.75. The van der Waals surface area contributed by atoms with Crippen molar-refractivity contribution in [2.45, 2.75) is 51.7 Å². The van der Waals surface area contributed by atoms with Gasteiger partial charge in [-0.1, -0.05) is 6.92 Å². The minimum atomic E-state index is -0.966. The van der Waals surface area contributed by atoms with Crippen LogP contribution in [0.2, 0.25) is 0 Å². The van der Waals surface area contributed by atoms with Gasteiger partial charge in [0.25, 0.3) is 0 Å². The quantitative estimate of drug-likeness (QED) is 0.921. The van der Waals surface area contributed by atoms with Gasteiger partial charge in [-0.3, -0.25) is 14.6 Å². The van der Waals surface area contributed by atoms with E-state index in [1.54, 1.807) is 20.8 Å². The Kier molecular flexibility index (Phi) is 3.74. The summed E-state index contributed by atoms with van der Waals surface area (Å²) < 4.78 is 13.3. The second-order valence-corrected chi connectivity index (χ2v) is 6.11. The number of halogens is 1. The third kappa shape index (κ3) is 2.62. The highest BCUT2D eigenvalue weighted by molar-refractivity contribution is 6.01. The van der Waals surface area contributed by atoms with Crippen molar-refractivity contribution in [1.82, 2.24) is 15.2 Å². The zero-order valence-corrected chi connectivity index (χ0v) is 12.7. The topological polar surface area (TPSA) is 62.3 Å². The first-order valence-corrected chi connectivity index (χ1v) is 6.95. The van der Waals surface area contributed by atoms with Crippen molar-refractivity contribution in [3.8, 4) is 0 Å². The van der Waals surface area contributed by atoms with Gasteiger partial charge in [0.15, 0.2) is 0 Å². The molecule has 2 heterocycles. The molecule has 1 saturated heterocycles. The Labute approximate surface area is 123 Å². The molecule has 5 nitrogen and oxygen atoms in total. The number of aromatic nitrogens is 1. The molecule has 1 aliphatic heterocycles. The number of amides is 2. The monoisotopic (exact) mass is 293 g/mol. The molecule has 114 valence electrons. The van der Waals surface area contributed by atoms with Gasteiger partial charge in [0.2, 0.25) is 11.8 Å². The number of carbonyl (C=O) groups excluding carboxylic acids is 2. The minimum absolute atomic E-state index is 0.158. The molecule has 2 amide bonds. The van der Waals surface area contributed by atoms with Gasteiger partial charge in [0.05, 0.1) is 6.20 Å². The predicted molar refractivity (Wildman–Crippen MR) is 75.7 cm³/mol. The summed E-state index contributed by atoms with van der Waals surface area (Å²) in [5.74, 6) is -0.839. The lowest BCUT2D eigenvalue weighted by atomic mass is 9.86. The SMILES string of the molecule is CCC1(C)C(=O)NC(C)(C)C(=O)N1Cc1cncc(F)c1. The van der Waals surface area contributed by atoms with Crippen LogP contribution in [0.25, 0.3) is 0 Å². The predicted octanol–water partition coefficient (Wildman–Crippen LogP) is 1.63. The van der Waals surface area contributed by atoms with Crippen LogP contribution in [0, 0.1) is 5.82 Å². The minimum Gasteiger partial charge on any atom is -0.340 e. The third-order valence-corrected chi connectivity index (χ3v) is 4.08. The molecule has 0 spiro atoms. The smallest absolute Gasteiger partial charge is 0.248 e. The molecule has 6 heteroatoms. The van der Waals surface area contributed by atoms with E-state index in [2.05, 4.69) is 10.3 Å². The van der Waals surface area contributed by atoms with E-state index in [0.29, 0.717) is 12.0 Å². The fourth-order valence-corrected chi connectivity index (χ4v) is 2.48. The summed E-state index contributed by atoms with van der Waals surface area (Å²) in [6, 6.07) is 1.33. The number of hydrogen-bond acceptors (Lipinski definition) is 3. The molecule has 21 heavy (non-hydrogen) atoms. The lowest BCUT2D eigenvalue weighted by molar-refractivity contribution is -0.161. The summed E-state index contributed by atoms with van der Waals surface area (Å²) in [6.07, 6.45) is 3.09. The Morgan fingerprint density at radius 3 is 2.52 bits per heavy atom. The maximum Gasteiger partial charge on any atom is 0.248 e. The molecular formula is C15H20FN3O2. The summed E-state index contributed by atoms with van der Waals surface area (Å²) >= 11 is 0. The largest absolute Gasteiger partial charge is 0.340 e. The number of pyridine rings is 1. The highest BCUT2D eigenvalue weighted by atomic mass is 19.1. The van der Waals surface area contributed by atoms with Crippen molar-refractivity contribution in [3.05, 3.63) is 29.8 Å². The number of rotatable bonds is 3. The van der Waals surface area contributed by atoms with Crippen LogP contribution in [-0.4, -0.2) is 32.8 Å². The maximum absolute atomic E-state index is 13.3. The first-order chi connectivity index (χ1) is 9.70. The maximum atomic E-state index is 13.3. The van der Waals surface area contributed by atoms with Gasteiger partial charge in [-0.25, -0.2) is 4.39 Å². The molecule has 1 fully saturated rings. The lowest BCUT2D eigenvalue weighted by Crippen LogP contribution is -2.72. The van der Waals surface area contributed by atoms with Crippen LogP contribution < -0.4 is 5.32 Å². The zero-order chi connectivity index (χ0) is 15.8. The molecule has 1 unspecified atom stereocenters. The van der Waals surface area contributed by atoms with Gasteiger partial charge in [0, 0.05) is 12.7 Å². The van der Waals surface area contributed by atoms with E-state index in [9.17, 15) is 14.0 Å². The molecule has 1 atom stereocenters. The average Bonchev–Trinajstić information content (AvgIpc) is 2.41. The lowest BCUT2D eigenvalue weighted by Gasteiger charge is -2.49. The first-order valence-electron chi connectivity index (χ1n) is 6.95. The van der Waals surface area contributed by atoms with E-state index in [4.69, 9.17) is 0 Å². The summed E-state index contributed by atoms with van der Waals surface area (Å²) in [6.45, 7) is 7.06. The van der Waals surface area contributed by atoms with Crippen LogP contribution in [0.4, 0.5) is 4.39 Å². The summed E-state index contributed by atoms with van der Waals surface area (Å²) in [5.41, 5.74) is -1.35. The van der Waals surface area contributed by atoms with Crippen LogP contribution in [-0.2, 0) is 16.1 Å². The second-order valence-electron chi connectivity index (χ2n) is 6.11. The Morgan fingerprint density at radius 2 is 1.95 bits per heavy atom. The Bertz CT molecular complexity index is 588.